The Bertz CT molecular complexity index is 592. The van der Waals surface area contributed by atoms with Gasteiger partial charge in [-0.2, -0.15) is 0 Å². The maximum atomic E-state index is 11.6. The minimum atomic E-state index is -0.126. The molecule has 0 aliphatic carbocycles. The van der Waals surface area contributed by atoms with Crippen molar-refractivity contribution in [3.05, 3.63) is 55.9 Å². The lowest BCUT2D eigenvalue weighted by Crippen LogP contribution is -2.03. The van der Waals surface area contributed by atoms with E-state index in [4.69, 9.17) is 34.8 Å². The van der Waals surface area contributed by atoms with Gasteiger partial charge in [-0.05, 0) is 6.07 Å². The summed E-state index contributed by atoms with van der Waals surface area (Å²) in [7, 11) is 0. The molecule has 16 heavy (non-hydrogen) atoms. The predicted octanol–water partition coefficient (Wildman–Crippen LogP) is 4.00. The lowest BCUT2D eigenvalue weighted by Gasteiger charge is -2.06. The summed E-state index contributed by atoms with van der Waals surface area (Å²) in [6, 6.07) is 4.70. The highest BCUT2D eigenvalue weighted by Crippen LogP contribution is 2.36. The van der Waals surface area contributed by atoms with Crippen LogP contribution in [0.25, 0.3) is 11.1 Å². The highest BCUT2D eigenvalue weighted by atomic mass is 35.5. The van der Waals surface area contributed by atoms with Crippen molar-refractivity contribution in [2.45, 2.75) is 0 Å². The molecule has 0 amide bonds. The van der Waals surface area contributed by atoms with Crippen molar-refractivity contribution >= 4 is 34.8 Å². The third kappa shape index (κ3) is 1.96. The van der Waals surface area contributed by atoms with E-state index in [0.717, 1.165) is 0 Å². The molecule has 0 radical (unpaired) electrons. The molecule has 1 aromatic heterocycles. The van der Waals surface area contributed by atoms with Crippen molar-refractivity contribution in [2.24, 2.45) is 0 Å². The van der Waals surface area contributed by atoms with Crippen LogP contribution in [0.3, 0.4) is 0 Å². The highest BCUT2D eigenvalue weighted by Gasteiger charge is 2.12. The maximum Gasteiger partial charge on any atom is 0.189 e. The quantitative estimate of drug-likeness (QED) is 0.783. The van der Waals surface area contributed by atoms with Crippen molar-refractivity contribution < 1.29 is 0 Å². The first-order valence-electron chi connectivity index (χ1n) is 4.42. The Morgan fingerprint density at radius 3 is 2.38 bits per heavy atom. The molecule has 82 valence electrons. The van der Waals surface area contributed by atoms with E-state index in [1.54, 1.807) is 24.5 Å². The molecule has 1 heterocycles. The third-order valence-electron chi connectivity index (χ3n) is 2.15. The van der Waals surface area contributed by atoms with Crippen molar-refractivity contribution in [3.8, 4) is 11.1 Å². The van der Waals surface area contributed by atoms with E-state index in [9.17, 15) is 4.79 Å². The number of aromatic amines is 1. The predicted molar refractivity (Wildman–Crippen MR) is 67.5 cm³/mol. The van der Waals surface area contributed by atoms with E-state index in [2.05, 4.69) is 4.98 Å². The van der Waals surface area contributed by atoms with E-state index in [0.29, 0.717) is 16.1 Å². The Morgan fingerprint density at radius 2 is 1.69 bits per heavy atom. The average Bonchev–Trinajstić information content (AvgIpc) is 2.28. The van der Waals surface area contributed by atoms with E-state index < -0.39 is 0 Å². The van der Waals surface area contributed by atoms with Crippen LogP contribution in [0.4, 0.5) is 0 Å². The van der Waals surface area contributed by atoms with E-state index in [1.807, 2.05) is 0 Å². The highest BCUT2D eigenvalue weighted by molar-refractivity contribution is 6.49. The van der Waals surface area contributed by atoms with Crippen LogP contribution >= 0.6 is 34.8 Å². The fraction of sp³-hybridized carbons (Fsp3) is 0. The van der Waals surface area contributed by atoms with Crippen LogP contribution in [0.15, 0.2) is 35.4 Å². The molecule has 0 atom stereocenters. The summed E-state index contributed by atoms with van der Waals surface area (Å²) in [4.78, 5) is 14.4. The largest absolute Gasteiger partial charge is 0.367 e. The number of H-pyrrole nitrogens is 1. The number of benzene rings is 1. The van der Waals surface area contributed by atoms with Gasteiger partial charge in [-0.1, -0.05) is 40.9 Å². The van der Waals surface area contributed by atoms with Crippen LogP contribution in [0.2, 0.25) is 15.1 Å². The Hall–Kier alpha value is -0.960. The smallest absolute Gasteiger partial charge is 0.189 e. The van der Waals surface area contributed by atoms with Gasteiger partial charge in [-0.15, -0.1) is 0 Å². The molecule has 0 aliphatic rings. The maximum absolute atomic E-state index is 11.6. The van der Waals surface area contributed by atoms with E-state index >= 15 is 0 Å². The number of nitrogens with one attached hydrogen (secondary N) is 1. The summed E-state index contributed by atoms with van der Waals surface area (Å²) in [5, 5.41) is 0.901. The fourth-order valence-electron chi connectivity index (χ4n) is 1.36. The molecule has 2 nitrogen and oxygen atoms in total. The molecular formula is C11H6Cl3NO. The molecule has 5 heteroatoms. The summed E-state index contributed by atoms with van der Waals surface area (Å²) in [5.41, 5.74) is 0.906. The normalized spacial score (nSPS) is 10.4. The Labute approximate surface area is 107 Å². The van der Waals surface area contributed by atoms with Gasteiger partial charge < -0.3 is 4.98 Å². The lowest BCUT2D eigenvalue weighted by molar-refractivity contribution is 1.30. The van der Waals surface area contributed by atoms with Crippen LogP contribution in [-0.2, 0) is 0 Å². The number of hydrogen-bond acceptors (Lipinski definition) is 1. The molecule has 0 spiro atoms. The zero-order valence-corrected chi connectivity index (χ0v) is 10.2. The van der Waals surface area contributed by atoms with Gasteiger partial charge in [0.2, 0.25) is 0 Å². The van der Waals surface area contributed by atoms with Crippen molar-refractivity contribution in [1.82, 2.24) is 4.98 Å². The van der Waals surface area contributed by atoms with E-state index in [1.165, 1.54) is 6.07 Å². The monoisotopic (exact) mass is 273 g/mol. The topological polar surface area (TPSA) is 32.9 Å². The van der Waals surface area contributed by atoms with Crippen molar-refractivity contribution in [2.75, 3.05) is 0 Å². The summed E-state index contributed by atoms with van der Waals surface area (Å²) >= 11 is 17.8. The first-order valence-corrected chi connectivity index (χ1v) is 5.55. The summed E-state index contributed by atoms with van der Waals surface area (Å²) in [6.45, 7) is 0. The minimum absolute atomic E-state index is 0.126. The van der Waals surface area contributed by atoms with Crippen LogP contribution in [0.1, 0.15) is 0 Å². The Kier molecular flexibility index (Phi) is 3.24. The zero-order valence-electron chi connectivity index (χ0n) is 7.93. The van der Waals surface area contributed by atoms with Crippen molar-refractivity contribution in [3.63, 3.8) is 0 Å². The summed E-state index contributed by atoms with van der Waals surface area (Å²) < 4.78 is 0. The molecular weight excluding hydrogens is 268 g/mol. The second-order valence-electron chi connectivity index (χ2n) is 3.15. The van der Waals surface area contributed by atoms with Gasteiger partial charge in [-0.25, -0.2) is 0 Å². The fourth-order valence-corrected chi connectivity index (χ4v) is 2.00. The third-order valence-corrected chi connectivity index (χ3v) is 3.44. The Balaban J connectivity index is 2.71. The molecule has 1 N–H and O–H groups in total. The molecule has 0 bridgehead atoms. The molecule has 0 saturated heterocycles. The number of halogens is 3. The molecule has 2 aromatic rings. The molecule has 2 rings (SSSR count). The van der Waals surface area contributed by atoms with Gasteiger partial charge >= 0.3 is 0 Å². The molecule has 1 aromatic carbocycles. The number of aromatic nitrogens is 1. The van der Waals surface area contributed by atoms with Gasteiger partial charge in [0.05, 0.1) is 15.1 Å². The first kappa shape index (κ1) is 11.5. The summed E-state index contributed by atoms with van der Waals surface area (Å²) in [5.74, 6) is 0. The number of rotatable bonds is 1. The molecule has 0 unspecified atom stereocenters. The first-order chi connectivity index (χ1) is 7.61. The molecule has 0 fully saturated rings. The van der Waals surface area contributed by atoms with Gasteiger partial charge in [-0.3, -0.25) is 4.79 Å². The van der Waals surface area contributed by atoms with Gasteiger partial charge in [0.15, 0.2) is 5.43 Å². The van der Waals surface area contributed by atoms with E-state index in [-0.39, 0.29) is 15.5 Å². The van der Waals surface area contributed by atoms with Crippen LogP contribution in [0.5, 0.6) is 0 Å². The SMILES string of the molecule is O=c1cc[nH]cc1-c1ccc(Cl)c(Cl)c1Cl. The van der Waals surface area contributed by atoms with Gasteiger partial charge in [0.1, 0.15) is 0 Å². The van der Waals surface area contributed by atoms with Crippen LogP contribution < -0.4 is 5.43 Å². The van der Waals surface area contributed by atoms with Gasteiger partial charge in [0, 0.05) is 29.6 Å². The lowest BCUT2D eigenvalue weighted by atomic mass is 10.1. The van der Waals surface area contributed by atoms with Crippen molar-refractivity contribution in [1.29, 1.82) is 0 Å². The molecule has 0 aliphatic heterocycles. The Morgan fingerprint density at radius 1 is 0.938 bits per heavy atom. The standard InChI is InChI=1S/C11H6Cl3NO/c12-8-2-1-6(10(13)11(8)14)7-5-15-4-3-9(7)16/h1-5H,(H,15,16). The number of hydrogen-bond donors (Lipinski definition) is 1. The second-order valence-corrected chi connectivity index (χ2v) is 4.31. The minimum Gasteiger partial charge on any atom is -0.367 e. The van der Waals surface area contributed by atoms with Crippen LogP contribution in [0, 0.1) is 0 Å². The number of pyridine rings is 1. The second kappa shape index (κ2) is 4.50. The average molecular weight is 275 g/mol. The molecule has 0 saturated carbocycles. The van der Waals surface area contributed by atoms with Gasteiger partial charge in [0.25, 0.3) is 0 Å². The zero-order chi connectivity index (χ0) is 11.7. The summed E-state index contributed by atoms with van der Waals surface area (Å²) in [6.07, 6.45) is 3.13. The van der Waals surface area contributed by atoms with Crippen LogP contribution in [-0.4, -0.2) is 4.98 Å².